The SMILES string of the molecule is Cc1ccccc1Sc1sccc1C(=O)O. The number of hydrogen-bond acceptors (Lipinski definition) is 3. The minimum Gasteiger partial charge on any atom is -0.478 e. The van der Waals surface area contributed by atoms with Gasteiger partial charge in [-0.3, -0.25) is 0 Å². The van der Waals surface area contributed by atoms with Crippen molar-refractivity contribution in [1.82, 2.24) is 0 Å². The normalized spacial score (nSPS) is 10.3. The molecular weight excluding hydrogens is 240 g/mol. The van der Waals surface area contributed by atoms with Crippen LogP contribution in [0.1, 0.15) is 15.9 Å². The topological polar surface area (TPSA) is 37.3 Å². The molecule has 0 aliphatic heterocycles. The lowest BCUT2D eigenvalue weighted by molar-refractivity contribution is 0.0694. The zero-order chi connectivity index (χ0) is 11.5. The Labute approximate surface area is 102 Å². The summed E-state index contributed by atoms with van der Waals surface area (Å²) in [5.41, 5.74) is 1.55. The van der Waals surface area contributed by atoms with Crippen LogP contribution in [-0.4, -0.2) is 11.1 Å². The van der Waals surface area contributed by atoms with Crippen molar-refractivity contribution in [3.8, 4) is 0 Å². The van der Waals surface area contributed by atoms with Crippen molar-refractivity contribution >= 4 is 29.1 Å². The van der Waals surface area contributed by atoms with Crippen molar-refractivity contribution in [2.24, 2.45) is 0 Å². The van der Waals surface area contributed by atoms with Crippen LogP contribution in [0.15, 0.2) is 44.8 Å². The second-order valence-electron chi connectivity index (χ2n) is 3.29. The molecule has 4 heteroatoms. The van der Waals surface area contributed by atoms with E-state index < -0.39 is 5.97 Å². The lowest BCUT2D eigenvalue weighted by atomic mass is 10.2. The van der Waals surface area contributed by atoms with Crippen molar-refractivity contribution in [3.05, 3.63) is 46.8 Å². The molecular formula is C12H10O2S2. The average molecular weight is 250 g/mol. The van der Waals surface area contributed by atoms with Gasteiger partial charge in [0.15, 0.2) is 0 Å². The molecule has 0 amide bonds. The van der Waals surface area contributed by atoms with E-state index in [-0.39, 0.29) is 0 Å². The van der Waals surface area contributed by atoms with Crippen LogP contribution in [-0.2, 0) is 0 Å². The zero-order valence-electron chi connectivity index (χ0n) is 8.64. The van der Waals surface area contributed by atoms with Gasteiger partial charge in [0.25, 0.3) is 0 Å². The van der Waals surface area contributed by atoms with Crippen LogP contribution in [0.5, 0.6) is 0 Å². The van der Waals surface area contributed by atoms with Crippen LogP contribution in [0.4, 0.5) is 0 Å². The predicted octanol–water partition coefficient (Wildman–Crippen LogP) is 3.91. The molecule has 1 N–H and O–H groups in total. The fraction of sp³-hybridized carbons (Fsp3) is 0.0833. The molecule has 2 nitrogen and oxygen atoms in total. The van der Waals surface area contributed by atoms with E-state index in [1.54, 1.807) is 6.07 Å². The van der Waals surface area contributed by atoms with E-state index in [0.29, 0.717) is 5.56 Å². The quantitative estimate of drug-likeness (QED) is 0.897. The van der Waals surface area contributed by atoms with Gasteiger partial charge in [0.2, 0.25) is 0 Å². The van der Waals surface area contributed by atoms with E-state index >= 15 is 0 Å². The summed E-state index contributed by atoms with van der Waals surface area (Å²) < 4.78 is 0.835. The molecule has 0 saturated carbocycles. The Kier molecular flexibility index (Phi) is 3.31. The minimum absolute atomic E-state index is 0.387. The summed E-state index contributed by atoms with van der Waals surface area (Å²) in [5, 5.41) is 10.8. The number of carbonyl (C=O) groups is 1. The van der Waals surface area contributed by atoms with Gasteiger partial charge in [-0.1, -0.05) is 30.0 Å². The first-order chi connectivity index (χ1) is 7.68. The molecule has 0 bridgehead atoms. The lowest BCUT2D eigenvalue weighted by Gasteiger charge is -2.03. The fourth-order valence-corrected chi connectivity index (χ4v) is 3.38. The third-order valence-corrected chi connectivity index (χ3v) is 4.48. The highest BCUT2D eigenvalue weighted by molar-refractivity contribution is 8.01. The lowest BCUT2D eigenvalue weighted by Crippen LogP contribution is -1.94. The first kappa shape index (κ1) is 11.2. The summed E-state index contributed by atoms with van der Waals surface area (Å²) in [4.78, 5) is 12.1. The van der Waals surface area contributed by atoms with Gasteiger partial charge in [0.05, 0.1) is 9.77 Å². The maximum absolute atomic E-state index is 11.0. The summed E-state index contributed by atoms with van der Waals surface area (Å²) in [6.45, 7) is 2.02. The Bertz CT molecular complexity index is 517. The third kappa shape index (κ3) is 2.28. The largest absolute Gasteiger partial charge is 0.478 e. The van der Waals surface area contributed by atoms with Crippen molar-refractivity contribution < 1.29 is 9.90 Å². The predicted molar refractivity (Wildman–Crippen MR) is 66.6 cm³/mol. The van der Waals surface area contributed by atoms with E-state index in [1.807, 2.05) is 36.6 Å². The van der Waals surface area contributed by atoms with Crippen LogP contribution in [0.3, 0.4) is 0 Å². The van der Waals surface area contributed by atoms with Crippen molar-refractivity contribution in [2.45, 2.75) is 16.0 Å². The highest BCUT2D eigenvalue weighted by Crippen LogP contribution is 2.36. The second kappa shape index (κ2) is 4.72. The van der Waals surface area contributed by atoms with Gasteiger partial charge in [0.1, 0.15) is 0 Å². The average Bonchev–Trinajstić information content (AvgIpc) is 2.69. The minimum atomic E-state index is -0.864. The molecule has 1 heterocycles. The molecule has 1 aromatic carbocycles. The van der Waals surface area contributed by atoms with Crippen molar-refractivity contribution in [1.29, 1.82) is 0 Å². The van der Waals surface area contributed by atoms with E-state index in [9.17, 15) is 4.79 Å². The fourth-order valence-electron chi connectivity index (χ4n) is 1.30. The molecule has 2 rings (SSSR count). The molecule has 2 aromatic rings. The third-order valence-electron chi connectivity index (χ3n) is 2.16. The number of aromatic carboxylic acids is 1. The summed E-state index contributed by atoms with van der Waals surface area (Å²) in [5.74, 6) is -0.864. The second-order valence-corrected chi connectivity index (χ2v) is 5.52. The number of aryl methyl sites for hydroxylation is 1. The number of carboxylic acids is 1. The summed E-state index contributed by atoms with van der Waals surface area (Å²) >= 11 is 2.98. The van der Waals surface area contributed by atoms with Gasteiger partial charge in [-0.2, -0.15) is 0 Å². The molecule has 0 unspecified atom stereocenters. The number of hydrogen-bond donors (Lipinski definition) is 1. The van der Waals surface area contributed by atoms with E-state index in [2.05, 4.69) is 0 Å². The van der Waals surface area contributed by atoms with Crippen LogP contribution < -0.4 is 0 Å². The number of thiophene rings is 1. The Morgan fingerprint density at radius 1 is 1.31 bits per heavy atom. The summed E-state index contributed by atoms with van der Waals surface area (Å²) in [6.07, 6.45) is 0. The van der Waals surface area contributed by atoms with Crippen LogP contribution in [0.25, 0.3) is 0 Å². The smallest absolute Gasteiger partial charge is 0.337 e. The molecule has 0 aliphatic carbocycles. The standard InChI is InChI=1S/C12H10O2S2/c1-8-4-2-3-5-10(8)16-12-9(11(13)14)6-7-15-12/h2-7H,1H3,(H,13,14). The molecule has 0 fully saturated rings. The molecule has 82 valence electrons. The Balaban J connectivity index is 2.31. The molecule has 0 atom stereocenters. The van der Waals surface area contributed by atoms with Crippen LogP contribution in [0.2, 0.25) is 0 Å². The first-order valence-corrected chi connectivity index (χ1v) is 6.42. The highest BCUT2D eigenvalue weighted by atomic mass is 32.2. The monoisotopic (exact) mass is 250 g/mol. The van der Waals surface area contributed by atoms with Crippen molar-refractivity contribution in [2.75, 3.05) is 0 Å². The van der Waals surface area contributed by atoms with Gasteiger partial charge in [0, 0.05) is 4.90 Å². The first-order valence-electron chi connectivity index (χ1n) is 4.73. The molecule has 0 radical (unpaired) electrons. The number of benzene rings is 1. The number of rotatable bonds is 3. The molecule has 0 saturated heterocycles. The van der Waals surface area contributed by atoms with Crippen molar-refractivity contribution in [3.63, 3.8) is 0 Å². The van der Waals surface area contributed by atoms with E-state index in [1.165, 1.54) is 23.1 Å². The Morgan fingerprint density at radius 2 is 2.06 bits per heavy atom. The molecule has 0 spiro atoms. The Hall–Kier alpha value is -1.26. The van der Waals surface area contributed by atoms with Gasteiger partial charge < -0.3 is 5.11 Å². The van der Waals surface area contributed by atoms with Gasteiger partial charge in [-0.15, -0.1) is 11.3 Å². The molecule has 0 aliphatic rings. The summed E-state index contributed by atoms with van der Waals surface area (Å²) in [6, 6.07) is 9.62. The summed E-state index contributed by atoms with van der Waals surface area (Å²) in [7, 11) is 0. The number of carboxylic acid groups (broad SMARTS) is 1. The maximum atomic E-state index is 11.0. The Morgan fingerprint density at radius 3 is 2.75 bits per heavy atom. The van der Waals surface area contributed by atoms with Crippen LogP contribution >= 0.6 is 23.1 Å². The van der Waals surface area contributed by atoms with E-state index in [0.717, 1.165) is 14.7 Å². The molecule has 16 heavy (non-hydrogen) atoms. The van der Waals surface area contributed by atoms with E-state index in [4.69, 9.17) is 5.11 Å². The zero-order valence-corrected chi connectivity index (χ0v) is 10.3. The van der Waals surface area contributed by atoms with Gasteiger partial charge in [-0.05, 0) is 30.0 Å². The highest BCUT2D eigenvalue weighted by Gasteiger charge is 2.12. The maximum Gasteiger partial charge on any atom is 0.337 e. The molecule has 1 aromatic heterocycles. The van der Waals surface area contributed by atoms with Gasteiger partial charge >= 0.3 is 5.97 Å². The van der Waals surface area contributed by atoms with Crippen LogP contribution in [0, 0.1) is 6.92 Å². The van der Waals surface area contributed by atoms with Gasteiger partial charge in [-0.25, -0.2) is 4.79 Å².